The average molecular weight is 394 g/mol. The zero-order chi connectivity index (χ0) is 19.3. The summed E-state index contributed by atoms with van der Waals surface area (Å²) in [6.45, 7) is 4.60. The second kappa shape index (κ2) is 6.10. The fourth-order valence-corrected chi connectivity index (χ4v) is 7.04. The predicted molar refractivity (Wildman–Crippen MR) is 97.5 cm³/mol. The number of rotatable bonds is 3. The van der Waals surface area contributed by atoms with Crippen LogP contribution >= 0.6 is 0 Å². The van der Waals surface area contributed by atoms with Gasteiger partial charge in [-0.1, -0.05) is 30.3 Å². The molecule has 0 bridgehead atoms. The van der Waals surface area contributed by atoms with Gasteiger partial charge in [0.25, 0.3) is 15.9 Å². The molecule has 0 N–H and O–H groups in total. The van der Waals surface area contributed by atoms with Crippen LogP contribution < -0.4 is 3.71 Å². The van der Waals surface area contributed by atoms with Crippen molar-refractivity contribution in [2.45, 2.75) is 31.7 Å². The number of nitrogens with zero attached hydrogens (tertiary/aromatic N) is 2. The maximum absolute atomic E-state index is 13.2. The minimum atomic E-state index is -4.63. The highest BCUT2D eigenvalue weighted by molar-refractivity contribution is 8.09. The molecule has 0 aromatic heterocycles. The summed E-state index contributed by atoms with van der Waals surface area (Å²) in [7, 11) is -9.07. The van der Waals surface area contributed by atoms with Crippen molar-refractivity contribution in [2.24, 2.45) is 0 Å². The predicted octanol–water partition coefficient (Wildman–Crippen LogP) is 2.30. The van der Waals surface area contributed by atoms with Crippen LogP contribution in [0.3, 0.4) is 0 Å². The number of carbonyl (C=O) groups is 1. The van der Waals surface area contributed by atoms with Gasteiger partial charge in [-0.25, -0.2) is 4.31 Å². The molecule has 1 amide bonds. The van der Waals surface area contributed by atoms with E-state index in [1.54, 1.807) is 25.1 Å². The molecule has 2 aromatic carbocycles. The Morgan fingerprint density at radius 2 is 1.58 bits per heavy atom. The molecule has 0 saturated carbocycles. The van der Waals surface area contributed by atoms with Crippen LogP contribution in [0.15, 0.2) is 53.4 Å². The summed E-state index contributed by atoms with van der Waals surface area (Å²) in [5.41, 5.74) is 0.286. The molecule has 0 fully saturated rings. The molecule has 0 atom stereocenters. The molecule has 0 aliphatic carbocycles. The van der Waals surface area contributed by atoms with E-state index in [1.807, 2.05) is 0 Å². The Labute approximate surface area is 153 Å². The third kappa shape index (κ3) is 2.58. The van der Waals surface area contributed by atoms with Crippen molar-refractivity contribution >= 4 is 31.8 Å². The van der Waals surface area contributed by atoms with Crippen molar-refractivity contribution in [1.82, 2.24) is 4.31 Å². The lowest BCUT2D eigenvalue weighted by atomic mass is 10.1. The maximum Gasteiger partial charge on any atom is 0.342 e. The number of anilines is 1. The number of hydrogen-bond acceptors (Lipinski definition) is 5. The Morgan fingerprint density at radius 3 is 2.15 bits per heavy atom. The molecule has 7 nitrogen and oxygen atoms in total. The Morgan fingerprint density at radius 1 is 0.962 bits per heavy atom. The van der Waals surface area contributed by atoms with Crippen molar-refractivity contribution in [3.05, 3.63) is 59.7 Å². The monoisotopic (exact) mass is 394 g/mol. The highest BCUT2D eigenvalue weighted by Gasteiger charge is 2.49. The quantitative estimate of drug-likeness (QED) is 0.796. The Hall–Kier alpha value is -2.39. The number of para-hydroxylation sites is 1. The minimum Gasteiger partial charge on any atom is -0.268 e. The second-order valence-corrected chi connectivity index (χ2v) is 9.86. The first-order valence-corrected chi connectivity index (χ1v) is 10.7. The van der Waals surface area contributed by atoms with E-state index in [1.165, 1.54) is 44.2 Å². The van der Waals surface area contributed by atoms with E-state index in [4.69, 9.17) is 0 Å². The minimum absolute atomic E-state index is 0.0352. The van der Waals surface area contributed by atoms with Gasteiger partial charge in [0.15, 0.2) is 0 Å². The van der Waals surface area contributed by atoms with Gasteiger partial charge in [-0.3, -0.25) is 4.79 Å². The first-order valence-electron chi connectivity index (χ1n) is 7.89. The summed E-state index contributed by atoms with van der Waals surface area (Å²) < 4.78 is 53.7. The zero-order valence-corrected chi connectivity index (χ0v) is 16.1. The van der Waals surface area contributed by atoms with Gasteiger partial charge in [0, 0.05) is 6.04 Å². The van der Waals surface area contributed by atoms with Gasteiger partial charge in [0.2, 0.25) is 0 Å². The van der Waals surface area contributed by atoms with Gasteiger partial charge in [0.05, 0.1) is 16.1 Å². The van der Waals surface area contributed by atoms with E-state index < -0.39 is 32.2 Å². The topological polar surface area (TPSA) is 91.8 Å². The van der Waals surface area contributed by atoms with Crippen molar-refractivity contribution in [1.29, 1.82) is 0 Å². The molecule has 0 unspecified atom stereocenters. The van der Waals surface area contributed by atoms with Crippen molar-refractivity contribution in [3.63, 3.8) is 0 Å². The summed E-state index contributed by atoms with van der Waals surface area (Å²) >= 11 is 0. The summed E-state index contributed by atoms with van der Waals surface area (Å²) in [6.07, 6.45) is 0. The van der Waals surface area contributed by atoms with Crippen LogP contribution in [0.25, 0.3) is 0 Å². The lowest BCUT2D eigenvalue weighted by Gasteiger charge is -2.38. The van der Waals surface area contributed by atoms with Crippen LogP contribution in [-0.4, -0.2) is 33.1 Å². The second-order valence-electron chi connectivity index (χ2n) is 6.19. The van der Waals surface area contributed by atoms with Crippen LogP contribution in [0.5, 0.6) is 0 Å². The third-order valence-electron chi connectivity index (χ3n) is 4.04. The molecule has 9 heteroatoms. The first kappa shape index (κ1) is 18.4. The number of amides is 1. The smallest absolute Gasteiger partial charge is 0.268 e. The van der Waals surface area contributed by atoms with Crippen LogP contribution in [-0.2, 0) is 20.2 Å². The van der Waals surface area contributed by atoms with Gasteiger partial charge in [-0.15, -0.1) is 3.71 Å². The number of benzene rings is 2. The number of hydrogen-bond donors (Lipinski definition) is 0. The van der Waals surface area contributed by atoms with E-state index in [0.717, 1.165) is 0 Å². The van der Waals surface area contributed by atoms with E-state index in [9.17, 15) is 21.6 Å². The fraction of sp³-hybridized carbons (Fsp3) is 0.235. The number of aryl methyl sites for hydroxylation is 1. The Bertz CT molecular complexity index is 1080. The van der Waals surface area contributed by atoms with Crippen molar-refractivity contribution in [2.75, 3.05) is 3.71 Å². The standard InChI is InChI=1S/C17H18N2O5S2/c1-12(2)18-17(20)15-11-7-8-13(3)16(15)19(26(18,23)24)25(21,22)14-9-5-4-6-10-14/h4-12H,1-3H3. The lowest BCUT2D eigenvalue weighted by Crippen LogP contribution is -2.55. The molecule has 0 saturated heterocycles. The molecule has 26 heavy (non-hydrogen) atoms. The summed E-state index contributed by atoms with van der Waals surface area (Å²) in [5.74, 6) is -0.738. The molecule has 1 heterocycles. The number of sulfonamides is 1. The van der Waals surface area contributed by atoms with Crippen LogP contribution in [0.4, 0.5) is 5.69 Å². The number of carbonyl (C=O) groups excluding carboxylic acids is 1. The highest BCUT2D eigenvalue weighted by atomic mass is 32.3. The largest absolute Gasteiger partial charge is 0.342 e. The summed E-state index contributed by atoms with van der Waals surface area (Å²) in [4.78, 5) is 12.6. The first-order chi connectivity index (χ1) is 12.1. The van der Waals surface area contributed by atoms with Crippen LogP contribution in [0.2, 0.25) is 0 Å². The van der Waals surface area contributed by atoms with Crippen molar-refractivity contribution in [3.8, 4) is 0 Å². The maximum atomic E-state index is 13.2. The highest BCUT2D eigenvalue weighted by Crippen LogP contribution is 2.39. The molecule has 2 aromatic rings. The van der Waals surface area contributed by atoms with E-state index in [0.29, 0.717) is 13.6 Å². The Kier molecular flexibility index (Phi) is 4.32. The van der Waals surface area contributed by atoms with Gasteiger partial charge < -0.3 is 0 Å². The molecule has 0 spiro atoms. The van der Waals surface area contributed by atoms with Crippen LogP contribution in [0.1, 0.15) is 29.8 Å². The Balaban J connectivity index is 2.40. The third-order valence-corrected chi connectivity index (χ3v) is 8.36. The van der Waals surface area contributed by atoms with Crippen molar-refractivity contribution < 1.29 is 21.6 Å². The van der Waals surface area contributed by atoms with E-state index in [-0.39, 0.29) is 16.1 Å². The molecule has 1 aliphatic rings. The van der Waals surface area contributed by atoms with E-state index in [2.05, 4.69) is 0 Å². The molecular weight excluding hydrogens is 376 g/mol. The number of fused-ring (bicyclic) bond motifs is 1. The normalized spacial score (nSPS) is 16.7. The fourth-order valence-electron chi connectivity index (χ4n) is 2.93. The summed E-state index contributed by atoms with van der Waals surface area (Å²) in [5, 5.41) is 0. The summed E-state index contributed by atoms with van der Waals surface area (Å²) in [6, 6.07) is 11.1. The average Bonchev–Trinajstić information content (AvgIpc) is 2.55. The van der Waals surface area contributed by atoms with E-state index >= 15 is 0 Å². The molecule has 1 aliphatic heterocycles. The van der Waals surface area contributed by atoms with Crippen LogP contribution in [0, 0.1) is 6.92 Å². The van der Waals surface area contributed by atoms with Gasteiger partial charge in [0.1, 0.15) is 0 Å². The zero-order valence-electron chi connectivity index (χ0n) is 14.4. The SMILES string of the molecule is Cc1cccc2c1N(S(=O)(=O)c1ccccc1)S(=O)(=O)N(C(C)C)C2=O. The van der Waals surface area contributed by atoms with Gasteiger partial charge >= 0.3 is 10.2 Å². The lowest BCUT2D eigenvalue weighted by molar-refractivity contribution is 0.0833. The molecular formula is C17H18N2O5S2. The van der Waals surface area contributed by atoms with Gasteiger partial charge in [-0.2, -0.15) is 16.8 Å². The molecule has 3 rings (SSSR count). The molecule has 0 radical (unpaired) electrons. The molecule has 138 valence electrons. The van der Waals surface area contributed by atoms with Gasteiger partial charge in [-0.05, 0) is 44.5 Å².